The van der Waals surface area contributed by atoms with Gasteiger partial charge < -0.3 is 9.72 Å². The summed E-state index contributed by atoms with van der Waals surface area (Å²) in [6.45, 7) is 1.73. The molecule has 0 aliphatic heterocycles. The van der Waals surface area contributed by atoms with Gasteiger partial charge in [-0.3, -0.25) is 4.79 Å². The maximum absolute atomic E-state index is 13.8. The molecule has 0 amide bonds. The van der Waals surface area contributed by atoms with Crippen molar-refractivity contribution in [1.29, 1.82) is 0 Å². The molecule has 1 aromatic heterocycles. The molecule has 0 radical (unpaired) electrons. The molecule has 0 atom stereocenters. The fourth-order valence-corrected chi connectivity index (χ4v) is 2.28. The second-order valence-electron chi connectivity index (χ2n) is 4.73. The lowest BCUT2D eigenvalue weighted by Crippen LogP contribution is -2.09. The van der Waals surface area contributed by atoms with Crippen molar-refractivity contribution in [2.75, 3.05) is 7.11 Å². The van der Waals surface area contributed by atoms with Gasteiger partial charge in [0.1, 0.15) is 5.82 Å². The Hall–Kier alpha value is -2.69. The van der Waals surface area contributed by atoms with Crippen LogP contribution in [0, 0.1) is 12.7 Å². The molecule has 0 fully saturated rings. The van der Waals surface area contributed by atoms with Crippen LogP contribution in [0.1, 0.15) is 5.82 Å². The number of aromatic nitrogens is 2. The maximum atomic E-state index is 13.8. The van der Waals surface area contributed by atoms with Crippen LogP contribution in [0.4, 0.5) is 4.39 Å². The van der Waals surface area contributed by atoms with Crippen LogP contribution in [0.5, 0.6) is 5.75 Å². The third kappa shape index (κ3) is 2.38. The van der Waals surface area contributed by atoms with Gasteiger partial charge in [0, 0.05) is 0 Å². The van der Waals surface area contributed by atoms with E-state index in [1.54, 1.807) is 31.2 Å². The summed E-state index contributed by atoms with van der Waals surface area (Å²) in [5.41, 5.74) is 1.85. The Kier molecular flexibility index (Phi) is 3.17. The zero-order valence-electron chi connectivity index (χ0n) is 11.6. The van der Waals surface area contributed by atoms with Gasteiger partial charge in [0.15, 0.2) is 11.6 Å². The molecule has 1 heterocycles. The largest absolute Gasteiger partial charge is 0.494 e. The highest BCUT2D eigenvalue weighted by atomic mass is 19.1. The number of nitrogens with one attached hydrogen (secondary N) is 1. The lowest BCUT2D eigenvalue weighted by Gasteiger charge is -2.06. The summed E-state index contributed by atoms with van der Waals surface area (Å²) in [6.07, 6.45) is 0. The minimum Gasteiger partial charge on any atom is -0.494 e. The number of halogens is 1. The van der Waals surface area contributed by atoms with Crippen molar-refractivity contribution in [3.63, 3.8) is 0 Å². The number of methoxy groups -OCH3 is 1. The predicted octanol–water partition coefficient (Wildman–Crippen LogP) is 3.05. The summed E-state index contributed by atoms with van der Waals surface area (Å²) in [4.78, 5) is 18.9. The quantitative estimate of drug-likeness (QED) is 0.787. The first-order chi connectivity index (χ1) is 10.1. The van der Waals surface area contributed by atoms with E-state index in [2.05, 4.69) is 9.97 Å². The van der Waals surface area contributed by atoms with E-state index in [4.69, 9.17) is 4.74 Å². The topological polar surface area (TPSA) is 55.0 Å². The van der Waals surface area contributed by atoms with Crippen molar-refractivity contribution in [3.05, 3.63) is 58.4 Å². The first-order valence-electron chi connectivity index (χ1n) is 6.43. The molecule has 0 aliphatic rings. The van der Waals surface area contributed by atoms with Crippen LogP contribution in [0.3, 0.4) is 0 Å². The van der Waals surface area contributed by atoms with Crippen LogP contribution in [0.25, 0.3) is 22.0 Å². The van der Waals surface area contributed by atoms with E-state index in [0.29, 0.717) is 22.3 Å². The van der Waals surface area contributed by atoms with Crippen molar-refractivity contribution in [3.8, 4) is 16.9 Å². The number of aromatic amines is 1. The summed E-state index contributed by atoms with van der Waals surface area (Å²) in [6, 6.07) is 9.98. The van der Waals surface area contributed by atoms with Gasteiger partial charge in [-0.05, 0) is 42.3 Å². The fourth-order valence-electron chi connectivity index (χ4n) is 2.28. The molecule has 0 saturated heterocycles. The summed E-state index contributed by atoms with van der Waals surface area (Å²) in [7, 11) is 1.42. The third-order valence-corrected chi connectivity index (χ3v) is 3.31. The number of aryl methyl sites for hydroxylation is 1. The normalized spacial score (nSPS) is 10.8. The van der Waals surface area contributed by atoms with Crippen LogP contribution in [-0.2, 0) is 0 Å². The molecule has 3 aromatic rings. The first-order valence-corrected chi connectivity index (χ1v) is 6.43. The van der Waals surface area contributed by atoms with E-state index >= 15 is 0 Å². The monoisotopic (exact) mass is 284 g/mol. The average molecular weight is 284 g/mol. The van der Waals surface area contributed by atoms with Gasteiger partial charge in [-0.25, -0.2) is 9.37 Å². The van der Waals surface area contributed by atoms with Crippen molar-refractivity contribution >= 4 is 10.9 Å². The average Bonchev–Trinajstić information content (AvgIpc) is 2.46. The van der Waals surface area contributed by atoms with Gasteiger partial charge in [0.25, 0.3) is 5.56 Å². The van der Waals surface area contributed by atoms with Crippen LogP contribution in [-0.4, -0.2) is 17.1 Å². The van der Waals surface area contributed by atoms with Crippen molar-refractivity contribution in [2.45, 2.75) is 6.92 Å². The van der Waals surface area contributed by atoms with Gasteiger partial charge in [-0.2, -0.15) is 0 Å². The molecule has 3 rings (SSSR count). The molecule has 106 valence electrons. The second kappa shape index (κ2) is 5.01. The third-order valence-electron chi connectivity index (χ3n) is 3.31. The second-order valence-corrected chi connectivity index (χ2v) is 4.73. The number of benzene rings is 2. The van der Waals surface area contributed by atoms with Crippen molar-refractivity contribution < 1.29 is 9.13 Å². The number of rotatable bonds is 2. The summed E-state index contributed by atoms with van der Waals surface area (Å²) in [5, 5.41) is 0.481. The molecule has 0 aliphatic carbocycles. The highest BCUT2D eigenvalue weighted by Gasteiger charge is 2.08. The summed E-state index contributed by atoms with van der Waals surface area (Å²) >= 11 is 0. The molecule has 1 N–H and O–H groups in total. The van der Waals surface area contributed by atoms with Crippen LogP contribution in [0.15, 0.2) is 41.2 Å². The lowest BCUT2D eigenvalue weighted by molar-refractivity contribution is 0.386. The number of nitrogens with zero attached hydrogens (tertiary/aromatic N) is 1. The molecular formula is C16H13FN2O2. The van der Waals surface area contributed by atoms with E-state index in [0.717, 1.165) is 5.56 Å². The smallest absolute Gasteiger partial charge is 0.258 e. The molecule has 0 unspecified atom stereocenters. The Morgan fingerprint density at radius 3 is 2.57 bits per heavy atom. The van der Waals surface area contributed by atoms with E-state index in [1.807, 2.05) is 6.07 Å². The number of fused-ring (bicyclic) bond motifs is 1. The molecule has 21 heavy (non-hydrogen) atoms. The molecule has 4 nitrogen and oxygen atoms in total. The zero-order chi connectivity index (χ0) is 15.0. The Morgan fingerprint density at radius 1 is 1.14 bits per heavy atom. The fraction of sp³-hybridized carbons (Fsp3) is 0.125. The molecule has 0 saturated carbocycles. The number of ether oxygens (including phenoxy) is 1. The van der Waals surface area contributed by atoms with Crippen LogP contribution in [0.2, 0.25) is 0 Å². The van der Waals surface area contributed by atoms with E-state index in [9.17, 15) is 9.18 Å². The molecule has 0 spiro atoms. The maximum Gasteiger partial charge on any atom is 0.258 e. The molecule has 5 heteroatoms. The standard InChI is InChI=1S/C16H13FN2O2/c1-9-18-14-5-3-10(7-12(14)16(20)19-9)11-4-6-15(21-2)13(17)8-11/h3-8H,1-2H3,(H,18,19,20). The van der Waals surface area contributed by atoms with Gasteiger partial charge in [0.05, 0.1) is 18.0 Å². The summed E-state index contributed by atoms with van der Waals surface area (Å²) < 4.78 is 18.7. The minimum absolute atomic E-state index is 0.190. The van der Waals surface area contributed by atoms with E-state index in [1.165, 1.54) is 13.2 Å². The predicted molar refractivity (Wildman–Crippen MR) is 79.0 cm³/mol. The van der Waals surface area contributed by atoms with Gasteiger partial charge in [-0.15, -0.1) is 0 Å². The Bertz CT molecular complexity index is 887. The van der Waals surface area contributed by atoms with E-state index < -0.39 is 5.82 Å². The lowest BCUT2D eigenvalue weighted by atomic mass is 10.0. The Morgan fingerprint density at radius 2 is 1.86 bits per heavy atom. The van der Waals surface area contributed by atoms with E-state index in [-0.39, 0.29) is 11.3 Å². The van der Waals surface area contributed by atoms with Gasteiger partial charge in [-0.1, -0.05) is 12.1 Å². The molecular weight excluding hydrogens is 271 g/mol. The van der Waals surface area contributed by atoms with Crippen molar-refractivity contribution in [2.24, 2.45) is 0 Å². The first kappa shape index (κ1) is 13.3. The number of H-pyrrole nitrogens is 1. The zero-order valence-corrected chi connectivity index (χ0v) is 11.6. The highest BCUT2D eigenvalue weighted by Crippen LogP contribution is 2.26. The van der Waals surface area contributed by atoms with Crippen molar-refractivity contribution in [1.82, 2.24) is 9.97 Å². The highest BCUT2D eigenvalue weighted by molar-refractivity contribution is 5.83. The van der Waals surface area contributed by atoms with Gasteiger partial charge in [0.2, 0.25) is 0 Å². The van der Waals surface area contributed by atoms with Crippen LogP contribution < -0.4 is 10.3 Å². The van der Waals surface area contributed by atoms with Crippen LogP contribution >= 0.6 is 0 Å². The Balaban J connectivity index is 2.17. The Labute approximate surface area is 120 Å². The van der Waals surface area contributed by atoms with Gasteiger partial charge >= 0.3 is 0 Å². The SMILES string of the molecule is COc1ccc(-c2ccc3nc(C)[nH]c(=O)c3c2)cc1F. The molecule has 0 bridgehead atoms. The number of hydrogen-bond donors (Lipinski definition) is 1. The minimum atomic E-state index is -0.439. The molecule has 2 aromatic carbocycles. The number of hydrogen-bond acceptors (Lipinski definition) is 3. The summed E-state index contributed by atoms with van der Waals surface area (Å²) in [5.74, 6) is 0.316.